The van der Waals surface area contributed by atoms with E-state index in [0.717, 1.165) is 11.8 Å². The summed E-state index contributed by atoms with van der Waals surface area (Å²) in [5.74, 6) is -1.15. The maximum Gasteiger partial charge on any atom is 0.328 e. The molecule has 0 aliphatic rings. The molecule has 1 atom stereocenters. The fourth-order valence-corrected chi connectivity index (χ4v) is 2.94. The van der Waals surface area contributed by atoms with Crippen LogP contribution in [0.15, 0.2) is 59.5 Å². The lowest BCUT2D eigenvalue weighted by Crippen LogP contribution is -2.45. The van der Waals surface area contributed by atoms with Crippen LogP contribution in [0.1, 0.15) is 18.4 Å². The molecule has 0 bridgehead atoms. The molecule has 0 spiro atoms. The van der Waals surface area contributed by atoms with E-state index in [1.165, 1.54) is 0 Å². The summed E-state index contributed by atoms with van der Waals surface area (Å²) in [6, 6.07) is 15.6. The van der Waals surface area contributed by atoms with Crippen LogP contribution in [0.5, 0.6) is 0 Å². The number of carbonyl (C=O) groups is 2. The monoisotopic (exact) mass is 330 g/mol. The number of thioether (sulfide) groups is 1. The molecule has 2 rings (SSSR count). The molecule has 5 nitrogen and oxygen atoms in total. The van der Waals surface area contributed by atoms with Gasteiger partial charge in [-0.2, -0.15) is 0 Å². The van der Waals surface area contributed by atoms with E-state index >= 15 is 0 Å². The average molecular weight is 330 g/mol. The second kappa shape index (κ2) is 7.30. The Bertz CT molecular complexity index is 706. The quantitative estimate of drug-likeness (QED) is 0.555. The smallest absolute Gasteiger partial charge is 0.328 e. The van der Waals surface area contributed by atoms with Gasteiger partial charge in [0, 0.05) is 17.0 Å². The van der Waals surface area contributed by atoms with Crippen molar-refractivity contribution in [2.75, 3.05) is 5.73 Å². The first-order chi connectivity index (χ1) is 10.9. The van der Waals surface area contributed by atoms with Crippen LogP contribution >= 0.6 is 11.8 Å². The minimum atomic E-state index is -1.58. The first-order valence-corrected chi connectivity index (χ1v) is 7.88. The van der Waals surface area contributed by atoms with Crippen LogP contribution in [0.3, 0.4) is 0 Å². The Labute approximate surface area is 138 Å². The van der Waals surface area contributed by atoms with E-state index in [2.05, 4.69) is 0 Å². The molecular weight excluding hydrogens is 312 g/mol. The molecule has 0 fully saturated rings. The standard InChI is InChI=1S/C17H18N2O3S/c18-13-8-4-5-9-14(13)23-15(20)10-11-17(19,16(21)22)12-6-2-1-3-7-12/h1-9H,10-11,18-19H2,(H,21,22). The molecule has 1 unspecified atom stereocenters. The third-order valence-electron chi connectivity index (χ3n) is 3.54. The van der Waals surface area contributed by atoms with Crippen molar-refractivity contribution in [3.63, 3.8) is 0 Å². The molecule has 0 heterocycles. The van der Waals surface area contributed by atoms with Crippen molar-refractivity contribution >= 4 is 28.5 Å². The Morgan fingerprint density at radius 1 is 1.04 bits per heavy atom. The Hall–Kier alpha value is -2.31. The predicted molar refractivity (Wildman–Crippen MR) is 90.9 cm³/mol. The molecule has 0 saturated heterocycles. The van der Waals surface area contributed by atoms with E-state index < -0.39 is 11.5 Å². The van der Waals surface area contributed by atoms with E-state index in [-0.39, 0.29) is 18.0 Å². The van der Waals surface area contributed by atoms with Gasteiger partial charge in [-0.1, -0.05) is 42.5 Å². The number of aliphatic carboxylic acids is 1. The topological polar surface area (TPSA) is 106 Å². The fraction of sp³-hybridized carbons (Fsp3) is 0.176. The van der Waals surface area contributed by atoms with Gasteiger partial charge in [-0.15, -0.1) is 0 Å². The molecule has 0 aliphatic carbocycles. The van der Waals surface area contributed by atoms with Crippen LogP contribution < -0.4 is 11.5 Å². The summed E-state index contributed by atoms with van der Waals surface area (Å²) >= 11 is 1.01. The SMILES string of the molecule is Nc1ccccc1SC(=O)CCC(N)(C(=O)O)c1ccccc1. The molecule has 2 aromatic carbocycles. The second-order valence-electron chi connectivity index (χ2n) is 5.15. The van der Waals surface area contributed by atoms with Gasteiger partial charge in [0.25, 0.3) is 0 Å². The normalized spacial score (nSPS) is 13.3. The molecule has 0 saturated carbocycles. The molecule has 5 N–H and O–H groups in total. The largest absolute Gasteiger partial charge is 0.480 e. The van der Waals surface area contributed by atoms with Crippen LogP contribution in [0, 0.1) is 0 Å². The highest BCUT2D eigenvalue weighted by Crippen LogP contribution is 2.30. The number of nitrogen functional groups attached to an aromatic ring is 1. The van der Waals surface area contributed by atoms with Crippen molar-refractivity contribution in [3.8, 4) is 0 Å². The van der Waals surface area contributed by atoms with E-state index in [0.29, 0.717) is 16.1 Å². The zero-order valence-corrected chi connectivity index (χ0v) is 13.3. The molecular formula is C17H18N2O3S. The predicted octanol–water partition coefficient (Wildman–Crippen LogP) is 2.61. The van der Waals surface area contributed by atoms with Crippen molar-refractivity contribution in [1.82, 2.24) is 0 Å². The minimum absolute atomic E-state index is 0.0188. The number of rotatable bonds is 6. The van der Waals surface area contributed by atoms with Crippen molar-refractivity contribution in [3.05, 3.63) is 60.2 Å². The summed E-state index contributed by atoms with van der Waals surface area (Å²) in [5, 5.41) is 9.30. The van der Waals surface area contributed by atoms with E-state index in [4.69, 9.17) is 11.5 Å². The average Bonchev–Trinajstić information content (AvgIpc) is 2.55. The number of benzene rings is 2. The number of carboxylic acid groups (broad SMARTS) is 1. The van der Waals surface area contributed by atoms with Gasteiger partial charge in [0.15, 0.2) is 5.12 Å². The summed E-state index contributed by atoms with van der Waals surface area (Å²) in [6.07, 6.45) is 0.0572. The highest BCUT2D eigenvalue weighted by molar-refractivity contribution is 8.13. The minimum Gasteiger partial charge on any atom is -0.480 e. The molecule has 120 valence electrons. The molecule has 2 aromatic rings. The van der Waals surface area contributed by atoms with E-state index in [9.17, 15) is 14.7 Å². The number of hydrogen-bond acceptors (Lipinski definition) is 5. The van der Waals surface area contributed by atoms with Crippen molar-refractivity contribution in [2.45, 2.75) is 23.3 Å². The molecule has 23 heavy (non-hydrogen) atoms. The number of carboxylic acids is 1. The number of para-hydroxylation sites is 1. The van der Waals surface area contributed by atoms with E-state index in [1.807, 2.05) is 0 Å². The molecule has 0 aromatic heterocycles. The molecule has 0 radical (unpaired) electrons. The summed E-state index contributed by atoms with van der Waals surface area (Å²) < 4.78 is 0. The maximum absolute atomic E-state index is 12.1. The summed E-state index contributed by atoms with van der Waals surface area (Å²) in [6.45, 7) is 0. The van der Waals surface area contributed by atoms with Gasteiger partial charge in [0.05, 0.1) is 0 Å². The fourth-order valence-electron chi connectivity index (χ4n) is 2.16. The van der Waals surface area contributed by atoms with Gasteiger partial charge >= 0.3 is 5.97 Å². The van der Waals surface area contributed by atoms with Gasteiger partial charge in [0.1, 0.15) is 5.54 Å². The lowest BCUT2D eigenvalue weighted by atomic mass is 9.87. The Morgan fingerprint density at radius 3 is 2.26 bits per heavy atom. The summed E-state index contributed by atoms with van der Waals surface area (Å²) in [4.78, 5) is 24.4. The van der Waals surface area contributed by atoms with E-state index in [1.54, 1.807) is 54.6 Å². The van der Waals surface area contributed by atoms with Gasteiger partial charge in [-0.3, -0.25) is 4.79 Å². The summed E-state index contributed by atoms with van der Waals surface area (Å²) in [5.41, 5.74) is 11.3. The number of anilines is 1. The number of nitrogens with two attached hydrogens (primary N) is 2. The third-order valence-corrected chi connectivity index (χ3v) is 4.56. The Balaban J connectivity index is 2.06. The lowest BCUT2D eigenvalue weighted by Gasteiger charge is -2.24. The summed E-state index contributed by atoms with van der Waals surface area (Å²) in [7, 11) is 0. The molecule has 0 amide bonds. The Morgan fingerprint density at radius 2 is 1.65 bits per heavy atom. The third kappa shape index (κ3) is 4.12. The maximum atomic E-state index is 12.1. The van der Waals surface area contributed by atoms with Crippen LogP contribution in [0.2, 0.25) is 0 Å². The van der Waals surface area contributed by atoms with Crippen LogP contribution in [-0.2, 0) is 15.1 Å². The van der Waals surface area contributed by atoms with Crippen LogP contribution in [0.4, 0.5) is 5.69 Å². The second-order valence-corrected chi connectivity index (χ2v) is 6.25. The first kappa shape index (κ1) is 17.1. The van der Waals surface area contributed by atoms with Crippen molar-refractivity contribution in [2.24, 2.45) is 5.73 Å². The van der Waals surface area contributed by atoms with Gasteiger partial charge < -0.3 is 16.6 Å². The molecule has 0 aliphatic heterocycles. The molecule has 6 heteroatoms. The van der Waals surface area contributed by atoms with Gasteiger partial charge in [-0.25, -0.2) is 4.79 Å². The van der Waals surface area contributed by atoms with Crippen LogP contribution in [0.25, 0.3) is 0 Å². The zero-order chi connectivity index (χ0) is 16.9. The van der Waals surface area contributed by atoms with Gasteiger partial charge in [0.2, 0.25) is 0 Å². The van der Waals surface area contributed by atoms with Crippen molar-refractivity contribution in [1.29, 1.82) is 0 Å². The van der Waals surface area contributed by atoms with Crippen molar-refractivity contribution < 1.29 is 14.7 Å². The first-order valence-electron chi connectivity index (χ1n) is 7.06. The van der Waals surface area contributed by atoms with Gasteiger partial charge in [-0.05, 0) is 35.9 Å². The highest BCUT2D eigenvalue weighted by atomic mass is 32.2. The zero-order valence-electron chi connectivity index (χ0n) is 12.4. The highest BCUT2D eigenvalue weighted by Gasteiger charge is 2.36. The number of hydrogen-bond donors (Lipinski definition) is 3. The number of carbonyl (C=O) groups excluding carboxylic acids is 1. The van der Waals surface area contributed by atoms with Crippen LogP contribution in [-0.4, -0.2) is 16.2 Å². The Kier molecular flexibility index (Phi) is 5.41. The lowest BCUT2D eigenvalue weighted by molar-refractivity contribution is -0.144.